The molecule has 0 atom stereocenters. The van der Waals surface area contributed by atoms with Gasteiger partial charge in [0.2, 0.25) is 5.88 Å². The van der Waals surface area contributed by atoms with E-state index in [9.17, 15) is 14.0 Å². The zero-order valence-electron chi connectivity index (χ0n) is 15.2. The van der Waals surface area contributed by atoms with Gasteiger partial charge in [-0.15, -0.1) is 0 Å². The van der Waals surface area contributed by atoms with Gasteiger partial charge in [0.1, 0.15) is 5.75 Å². The number of nitriles is 1. The first kappa shape index (κ1) is 19.1. The van der Waals surface area contributed by atoms with E-state index in [-0.39, 0.29) is 39.9 Å². The van der Waals surface area contributed by atoms with Crippen molar-refractivity contribution < 1.29 is 23.0 Å². The highest BCUT2D eigenvalue weighted by molar-refractivity contribution is 5.64. The summed E-state index contributed by atoms with van der Waals surface area (Å²) in [5, 5.41) is 9.30. The molecule has 0 radical (unpaired) electrons. The zero-order chi connectivity index (χ0) is 20.1. The lowest BCUT2D eigenvalue weighted by atomic mass is 10.1. The minimum atomic E-state index is -0.598. The van der Waals surface area contributed by atoms with E-state index in [0.29, 0.717) is 6.61 Å². The lowest BCUT2D eigenvalue weighted by molar-refractivity contribution is 0.319. The highest BCUT2D eigenvalue weighted by Crippen LogP contribution is 2.32. The molecule has 5 nitrogen and oxygen atoms in total. The Hall–Kier alpha value is -3.66. The third-order valence-corrected chi connectivity index (χ3v) is 3.82. The summed E-state index contributed by atoms with van der Waals surface area (Å²) in [5.41, 5.74) is 0.599. The van der Waals surface area contributed by atoms with Gasteiger partial charge in [-0.3, -0.25) is 0 Å². The average Bonchev–Trinajstić information content (AvgIpc) is 2.70. The normalized spacial score (nSPS) is 10.2. The van der Waals surface area contributed by atoms with Crippen molar-refractivity contribution >= 4 is 0 Å². The van der Waals surface area contributed by atoms with Crippen LogP contribution in [0, 0.1) is 23.0 Å². The maximum atomic E-state index is 14.6. The molecule has 0 aliphatic heterocycles. The van der Waals surface area contributed by atoms with Crippen LogP contribution in [0.15, 0.2) is 48.5 Å². The highest BCUT2D eigenvalue weighted by Gasteiger charge is 2.15. The summed E-state index contributed by atoms with van der Waals surface area (Å²) in [7, 11) is 1.36. The van der Waals surface area contributed by atoms with Gasteiger partial charge in [0, 0.05) is 17.7 Å². The molecular weight excluding hydrogens is 366 g/mol. The summed E-state index contributed by atoms with van der Waals surface area (Å²) in [6.07, 6.45) is 0. The Labute approximate surface area is 160 Å². The monoisotopic (exact) mass is 382 g/mol. The molecule has 0 amide bonds. The molecule has 142 valence electrons. The summed E-state index contributed by atoms with van der Waals surface area (Å²) in [5.74, 6) is -0.694. The van der Waals surface area contributed by atoms with Gasteiger partial charge < -0.3 is 14.2 Å². The summed E-state index contributed by atoms with van der Waals surface area (Å²) in [6, 6.07) is 13.5. The molecule has 0 saturated carbocycles. The highest BCUT2D eigenvalue weighted by atomic mass is 19.1. The van der Waals surface area contributed by atoms with E-state index in [2.05, 4.69) is 4.98 Å². The molecule has 0 bridgehead atoms. The van der Waals surface area contributed by atoms with Gasteiger partial charge in [-0.1, -0.05) is 6.07 Å². The van der Waals surface area contributed by atoms with Crippen LogP contribution in [-0.4, -0.2) is 18.7 Å². The number of nitrogens with zero attached hydrogens (tertiary/aromatic N) is 2. The van der Waals surface area contributed by atoms with Crippen LogP contribution in [0.1, 0.15) is 12.5 Å². The Morgan fingerprint density at radius 3 is 2.61 bits per heavy atom. The van der Waals surface area contributed by atoms with Crippen molar-refractivity contribution in [2.24, 2.45) is 0 Å². The number of methoxy groups -OCH3 is 1. The lowest BCUT2D eigenvalue weighted by Gasteiger charge is -2.11. The van der Waals surface area contributed by atoms with Gasteiger partial charge in [0.05, 0.1) is 31.0 Å². The van der Waals surface area contributed by atoms with Crippen molar-refractivity contribution in [3.05, 3.63) is 65.7 Å². The molecule has 0 spiro atoms. The molecule has 0 fully saturated rings. The minimum Gasteiger partial charge on any atom is -0.494 e. The number of ether oxygens (including phenoxy) is 3. The number of pyridine rings is 1. The van der Waals surface area contributed by atoms with Crippen LogP contribution < -0.4 is 14.2 Å². The molecule has 1 heterocycles. The second kappa shape index (κ2) is 8.35. The third kappa shape index (κ3) is 4.01. The molecule has 28 heavy (non-hydrogen) atoms. The molecule has 3 aromatic rings. The van der Waals surface area contributed by atoms with Crippen LogP contribution in [0.3, 0.4) is 0 Å². The predicted octanol–water partition coefficient (Wildman–Crippen LogP) is 5.10. The quantitative estimate of drug-likeness (QED) is 0.594. The molecule has 2 aromatic carbocycles. The van der Waals surface area contributed by atoms with Crippen LogP contribution in [0.4, 0.5) is 8.78 Å². The Balaban J connectivity index is 2.01. The van der Waals surface area contributed by atoms with E-state index in [1.807, 2.05) is 6.07 Å². The van der Waals surface area contributed by atoms with Gasteiger partial charge >= 0.3 is 0 Å². The summed E-state index contributed by atoms with van der Waals surface area (Å²) < 4.78 is 44.2. The fourth-order valence-corrected chi connectivity index (χ4v) is 2.56. The Kier molecular flexibility index (Phi) is 5.70. The number of benzene rings is 2. The van der Waals surface area contributed by atoms with Crippen molar-refractivity contribution in [1.29, 1.82) is 5.26 Å². The summed E-state index contributed by atoms with van der Waals surface area (Å²) in [4.78, 5) is 4.28. The van der Waals surface area contributed by atoms with Crippen LogP contribution in [0.25, 0.3) is 11.3 Å². The Bertz CT molecular complexity index is 1050. The Morgan fingerprint density at radius 1 is 1.07 bits per heavy atom. The number of halogens is 2. The van der Waals surface area contributed by atoms with Crippen molar-refractivity contribution in [3.8, 4) is 40.5 Å². The standard InChI is InChI=1S/C21H16F2N2O3/c1-3-27-19-11-14(7-8-16(19)22)28-20-10-13(12-24)9-17(25-20)15-5-4-6-18(26-2)21(15)23/h4-11H,3H2,1-2H3. The first-order valence-electron chi connectivity index (χ1n) is 8.41. The van der Waals surface area contributed by atoms with Crippen molar-refractivity contribution in [1.82, 2.24) is 4.98 Å². The van der Waals surface area contributed by atoms with Crippen molar-refractivity contribution in [3.63, 3.8) is 0 Å². The van der Waals surface area contributed by atoms with Crippen molar-refractivity contribution in [2.75, 3.05) is 13.7 Å². The van der Waals surface area contributed by atoms with Crippen molar-refractivity contribution in [2.45, 2.75) is 6.92 Å². The molecule has 0 N–H and O–H groups in total. The lowest BCUT2D eigenvalue weighted by Crippen LogP contribution is -1.97. The predicted molar refractivity (Wildman–Crippen MR) is 98.5 cm³/mol. The number of aromatic nitrogens is 1. The largest absolute Gasteiger partial charge is 0.494 e. The van der Waals surface area contributed by atoms with Crippen LogP contribution in [0.2, 0.25) is 0 Å². The topological polar surface area (TPSA) is 64.4 Å². The maximum absolute atomic E-state index is 14.6. The van der Waals surface area contributed by atoms with E-state index in [0.717, 1.165) is 0 Å². The van der Waals surface area contributed by atoms with E-state index >= 15 is 0 Å². The van der Waals surface area contributed by atoms with Gasteiger partial charge in [-0.25, -0.2) is 13.8 Å². The molecule has 0 unspecified atom stereocenters. The molecular formula is C21H16F2N2O3. The first-order valence-corrected chi connectivity index (χ1v) is 8.41. The van der Waals surface area contributed by atoms with Crippen LogP contribution >= 0.6 is 0 Å². The SMILES string of the molecule is CCOc1cc(Oc2cc(C#N)cc(-c3cccc(OC)c3F)n2)ccc1F. The molecule has 0 saturated heterocycles. The summed E-state index contributed by atoms with van der Waals surface area (Å²) >= 11 is 0. The smallest absolute Gasteiger partial charge is 0.221 e. The summed E-state index contributed by atoms with van der Waals surface area (Å²) in [6.45, 7) is 2.03. The zero-order valence-corrected chi connectivity index (χ0v) is 15.2. The van der Waals surface area contributed by atoms with Gasteiger partial charge in [0.15, 0.2) is 23.1 Å². The second-order valence-corrected chi connectivity index (χ2v) is 5.64. The Morgan fingerprint density at radius 2 is 1.89 bits per heavy atom. The second-order valence-electron chi connectivity index (χ2n) is 5.64. The number of hydrogen-bond acceptors (Lipinski definition) is 5. The maximum Gasteiger partial charge on any atom is 0.221 e. The molecule has 0 aliphatic rings. The van der Waals surface area contributed by atoms with Crippen LogP contribution in [0.5, 0.6) is 23.1 Å². The molecule has 3 rings (SSSR count). The average molecular weight is 382 g/mol. The fourth-order valence-electron chi connectivity index (χ4n) is 2.56. The molecule has 7 heteroatoms. The van der Waals surface area contributed by atoms with E-state index in [1.165, 1.54) is 49.6 Å². The fraction of sp³-hybridized carbons (Fsp3) is 0.143. The van der Waals surface area contributed by atoms with Gasteiger partial charge in [-0.05, 0) is 37.3 Å². The number of rotatable bonds is 6. The van der Waals surface area contributed by atoms with E-state index in [4.69, 9.17) is 14.2 Å². The van der Waals surface area contributed by atoms with Crippen LogP contribution in [-0.2, 0) is 0 Å². The van der Waals surface area contributed by atoms with Gasteiger partial charge in [0.25, 0.3) is 0 Å². The third-order valence-electron chi connectivity index (χ3n) is 3.82. The van der Waals surface area contributed by atoms with Gasteiger partial charge in [-0.2, -0.15) is 5.26 Å². The molecule has 0 aliphatic carbocycles. The number of hydrogen-bond donors (Lipinski definition) is 0. The van der Waals surface area contributed by atoms with E-state index in [1.54, 1.807) is 13.0 Å². The van der Waals surface area contributed by atoms with E-state index < -0.39 is 11.6 Å². The minimum absolute atomic E-state index is 0.0375. The first-order chi connectivity index (χ1) is 13.5. The molecule has 1 aromatic heterocycles.